The third kappa shape index (κ3) is 5.01. The summed E-state index contributed by atoms with van der Waals surface area (Å²) in [5.41, 5.74) is 1.69. The minimum Gasteiger partial charge on any atom is -0.493 e. The summed E-state index contributed by atoms with van der Waals surface area (Å²) >= 11 is 0. The molecule has 26 heavy (non-hydrogen) atoms. The molecule has 4 heteroatoms. The van der Waals surface area contributed by atoms with Gasteiger partial charge in [0.2, 0.25) is 0 Å². The van der Waals surface area contributed by atoms with Gasteiger partial charge in [0.1, 0.15) is 0 Å². The van der Waals surface area contributed by atoms with Crippen molar-refractivity contribution in [3.63, 3.8) is 0 Å². The average Bonchev–Trinajstić information content (AvgIpc) is 2.66. The molecular formula is C22H29NO3. The number of carbonyl (C=O) groups is 1. The maximum atomic E-state index is 12.9. The summed E-state index contributed by atoms with van der Waals surface area (Å²) in [6.07, 6.45) is 0.973. The van der Waals surface area contributed by atoms with Gasteiger partial charge in [-0.1, -0.05) is 44.2 Å². The Bertz CT molecular complexity index is 713. The van der Waals surface area contributed by atoms with Crippen molar-refractivity contribution in [1.29, 1.82) is 0 Å². The summed E-state index contributed by atoms with van der Waals surface area (Å²) in [6, 6.07) is 15.3. The molecule has 2 aromatic carbocycles. The van der Waals surface area contributed by atoms with Gasteiger partial charge in [-0.2, -0.15) is 0 Å². The number of hydrogen-bond acceptors (Lipinski definition) is 3. The molecule has 0 aromatic heterocycles. The number of ether oxygens (including phenoxy) is 2. The van der Waals surface area contributed by atoms with Crippen molar-refractivity contribution in [2.75, 3.05) is 20.8 Å². The van der Waals surface area contributed by atoms with Gasteiger partial charge in [-0.05, 0) is 43.0 Å². The first-order valence-electron chi connectivity index (χ1n) is 9.07. The van der Waals surface area contributed by atoms with Crippen molar-refractivity contribution < 1.29 is 14.3 Å². The topological polar surface area (TPSA) is 38.8 Å². The standard InChI is InChI=1S/C22H29NO3/c1-16(2)13-14-26-20-12-11-19(15-21(20)25-5)22(24)23(4)17(3)18-9-7-6-8-10-18/h6-12,15-17H,13-14H2,1-5H3. The second-order valence-corrected chi connectivity index (χ2v) is 6.90. The molecule has 0 saturated heterocycles. The summed E-state index contributed by atoms with van der Waals surface area (Å²) < 4.78 is 11.2. The van der Waals surface area contributed by atoms with Crippen LogP contribution >= 0.6 is 0 Å². The molecular weight excluding hydrogens is 326 g/mol. The summed E-state index contributed by atoms with van der Waals surface area (Å²) in [4.78, 5) is 14.6. The number of amides is 1. The molecule has 1 amide bonds. The van der Waals surface area contributed by atoms with E-state index >= 15 is 0 Å². The van der Waals surface area contributed by atoms with Crippen LogP contribution in [-0.4, -0.2) is 31.6 Å². The molecule has 0 radical (unpaired) electrons. The molecule has 0 N–H and O–H groups in total. The number of carbonyl (C=O) groups excluding carboxylic acids is 1. The molecule has 0 heterocycles. The Labute approximate surface area is 156 Å². The number of nitrogens with zero attached hydrogens (tertiary/aromatic N) is 1. The lowest BCUT2D eigenvalue weighted by atomic mass is 10.1. The lowest BCUT2D eigenvalue weighted by Crippen LogP contribution is -2.29. The van der Waals surface area contributed by atoms with E-state index in [-0.39, 0.29) is 11.9 Å². The molecule has 1 unspecified atom stereocenters. The lowest BCUT2D eigenvalue weighted by Gasteiger charge is -2.25. The number of rotatable bonds is 8. The van der Waals surface area contributed by atoms with Gasteiger partial charge in [0.25, 0.3) is 5.91 Å². The van der Waals surface area contributed by atoms with Crippen molar-refractivity contribution >= 4 is 5.91 Å². The van der Waals surface area contributed by atoms with Gasteiger partial charge in [0.15, 0.2) is 11.5 Å². The van der Waals surface area contributed by atoms with Crippen molar-refractivity contribution in [2.45, 2.75) is 33.2 Å². The molecule has 1 atom stereocenters. The summed E-state index contributed by atoms with van der Waals surface area (Å²) in [6.45, 7) is 6.97. The number of hydrogen-bond donors (Lipinski definition) is 0. The Morgan fingerprint density at radius 1 is 1.04 bits per heavy atom. The Hall–Kier alpha value is -2.49. The minimum absolute atomic E-state index is 0.0170. The predicted molar refractivity (Wildman–Crippen MR) is 105 cm³/mol. The van der Waals surface area contributed by atoms with E-state index in [1.54, 1.807) is 24.1 Å². The minimum atomic E-state index is -0.0478. The summed E-state index contributed by atoms with van der Waals surface area (Å²) in [5.74, 6) is 1.78. The van der Waals surface area contributed by atoms with Crippen LogP contribution in [0.3, 0.4) is 0 Å². The zero-order chi connectivity index (χ0) is 19.1. The van der Waals surface area contributed by atoms with E-state index in [1.807, 2.05) is 50.4 Å². The van der Waals surface area contributed by atoms with Crippen molar-refractivity contribution in [1.82, 2.24) is 4.90 Å². The SMILES string of the molecule is COc1cc(C(=O)N(C)C(C)c2ccccc2)ccc1OCCC(C)C. The Morgan fingerprint density at radius 3 is 2.35 bits per heavy atom. The van der Waals surface area contributed by atoms with Crippen LogP contribution in [0.5, 0.6) is 11.5 Å². The van der Waals surface area contributed by atoms with Gasteiger partial charge in [-0.25, -0.2) is 0 Å². The molecule has 2 aromatic rings. The van der Waals surface area contributed by atoms with E-state index in [4.69, 9.17) is 9.47 Å². The molecule has 0 saturated carbocycles. The Kier molecular flexibility index (Phi) is 7.07. The summed E-state index contributed by atoms with van der Waals surface area (Å²) in [7, 11) is 3.41. The van der Waals surface area contributed by atoms with Crippen LogP contribution in [0.25, 0.3) is 0 Å². The second kappa shape index (κ2) is 9.27. The van der Waals surface area contributed by atoms with Crippen LogP contribution in [0.4, 0.5) is 0 Å². The normalized spacial score (nSPS) is 11.9. The fourth-order valence-corrected chi connectivity index (χ4v) is 2.66. The van der Waals surface area contributed by atoms with E-state index < -0.39 is 0 Å². The molecule has 0 fully saturated rings. The van der Waals surface area contributed by atoms with Crippen LogP contribution in [-0.2, 0) is 0 Å². The fourth-order valence-electron chi connectivity index (χ4n) is 2.66. The first kappa shape index (κ1) is 19.8. The van der Waals surface area contributed by atoms with Gasteiger partial charge in [0.05, 0.1) is 19.8 Å². The molecule has 0 bridgehead atoms. The highest BCUT2D eigenvalue weighted by Crippen LogP contribution is 2.30. The van der Waals surface area contributed by atoms with E-state index in [1.165, 1.54) is 0 Å². The molecule has 0 aliphatic carbocycles. The van der Waals surface area contributed by atoms with Crippen LogP contribution in [0.15, 0.2) is 48.5 Å². The Morgan fingerprint density at radius 2 is 1.73 bits per heavy atom. The van der Waals surface area contributed by atoms with Crippen molar-refractivity contribution in [2.24, 2.45) is 5.92 Å². The summed E-state index contributed by atoms with van der Waals surface area (Å²) in [5, 5.41) is 0. The van der Waals surface area contributed by atoms with Crippen LogP contribution in [0.2, 0.25) is 0 Å². The van der Waals surface area contributed by atoms with Crippen LogP contribution in [0, 0.1) is 5.92 Å². The van der Waals surface area contributed by atoms with E-state index in [9.17, 15) is 4.79 Å². The van der Waals surface area contributed by atoms with Gasteiger partial charge >= 0.3 is 0 Å². The molecule has 140 valence electrons. The second-order valence-electron chi connectivity index (χ2n) is 6.90. The van der Waals surface area contributed by atoms with Crippen LogP contribution in [0.1, 0.15) is 49.2 Å². The maximum Gasteiger partial charge on any atom is 0.254 e. The lowest BCUT2D eigenvalue weighted by molar-refractivity contribution is 0.0742. The van der Waals surface area contributed by atoms with Crippen LogP contribution < -0.4 is 9.47 Å². The largest absolute Gasteiger partial charge is 0.493 e. The molecule has 0 aliphatic rings. The smallest absolute Gasteiger partial charge is 0.254 e. The van der Waals surface area contributed by atoms with Gasteiger partial charge in [-0.3, -0.25) is 4.79 Å². The van der Waals surface area contributed by atoms with Gasteiger partial charge in [0, 0.05) is 12.6 Å². The first-order chi connectivity index (χ1) is 12.4. The van der Waals surface area contributed by atoms with Crippen molar-refractivity contribution in [3.8, 4) is 11.5 Å². The highest BCUT2D eigenvalue weighted by molar-refractivity contribution is 5.95. The van der Waals surface area contributed by atoms with E-state index in [0.717, 1.165) is 12.0 Å². The fraction of sp³-hybridized carbons (Fsp3) is 0.409. The zero-order valence-corrected chi connectivity index (χ0v) is 16.4. The zero-order valence-electron chi connectivity index (χ0n) is 16.4. The van der Waals surface area contributed by atoms with Crippen molar-refractivity contribution in [3.05, 3.63) is 59.7 Å². The Balaban J connectivity index is 2.13. The average molecular weight is 355 g/mol. The van der Waals surface area contributed by atoms with E-state index in [2.05, 4.69) is 13.8 Å². The third-order valence-corrected chi connectivity index (χ3v) is 4.55. The maximum absolute atomic E-state index is 12.9. The molecule has 2 rings (SSSR count). The van der Waals surface area contributed by atoms with Gasteiger partial charge < -0.3 is 14.4 Å². The van der Waals surface area contributed by atoms with E-state index in [0.29, 0.717) is 29.6 Å². The number of benzene rings is 2. The van der Waals surface area contributed by atoms with Gasteiger partial charge in [-0.15, -0.1) is 0 Å². The first-order valence-corrected chi connectivity index (χ1v) is 9.07. The number of methoxy groups -OCH3 is 1. The molecule has 4 nitrogen and oxygen atoms in total. The third-order valence-electron chi connectivity index (χ3n) is 4.55. The highest BCUT2D eigenvalue weighted by Gasteiger charge is 2.20. The molecule has 0 aliphatic heterocycles. The quantitative estimate of drug-likeness (QED) is 0.672. The highest BCUT2D eigenvalue weighted by atomic mass is 16.5. The predicted octanol–water partition coefficient (Wildman–Crippen LogP) is 4.95. The molecule has 0 spiro atoms. The monoisotopic (exact) mass is 355 g/mol.